The van der Waals surface area contributed by atoms with Crippen molar-refractivity contribution in [1.82, 2.24) is 20.3 Å². The van der Waals surface area contributed by atoms with Crippen molar-refractivity contribution in [3.63, 3.8) is 0 Å². The first-order chi connectivity index (χ1) is 11.6. The van der Waals surface area contributed by atoms with E-state index in [1.165, 1.54) is 0 Å². The molecule has 2 saturated heterocycles. The molecular formula is C17H26N4O3. The molecule has 2 aliphatic heterocycles. The zero-order valence-corrected chi connectivity index (χ0v) is 14.5. The molecule has 1 aromatic heterocycles. The van der Waals surface area contributed by atoms with E-state index in [2.05, 4.69) is 10.5 Å². The third kappa shape index (κ3) is 3.61. The second kappa shape index (κ2) is 7.34. The third-order valence-corrected chi connectivity index (χ3v) is 5.09. The minimum atomic E-state index is 0.149. The monoisotopic (exact) mass is 334 g/mol. The molecule has 7 nitrogen and oxygen atoms in total. The number of amides is 2. The van der Waals surface area contributed by atoms with Crippen LogP contribution in [-0.4, -0.2) is 65.5 Å². The van der Waals surface area contributed by atoms with Gasteiger partial charge in [-0.25, -0.2) is 0 Å². The van der Waals surface area contributed by atoms with Gasteiger partial charge in [0.1, 0.15) is 5.76 Å². The Labute approximate surface area is 142 Å². The van der Waals surface area contributed by atoms with E-state index in [4.69, 9.17) is 4.52 Å². The lowest BCUT2D eigenvalue weighted by Crippen LogP contribution is -2.57. The van der Waals surface area contributed by atoms with Crippen LogP contribution in [0.15, 0.2) is 4.52 Å². The summed E-state index contributed by atoms with van der Waals surface area (Å²) in [6, 6.07) is 0.163. The quantitative estimate of drug-likeness (QED) is 0.874. The highest BCUT2D eigenvalue weighted by atomic mass is 16.5. The molecule has 0 spiro atoms. The average Bonchev–Trinajstić information content (AvgIpc) is 2.91. The van der Waals surface area contributed by atoms with Crippen molar-refractivity contribution in [3.8, 4) is 0 Å². The van der Waals surface area contributed by atoms with E-state index >= 15 is 0 Å². The van der Waals surface area contributed by atoms with E-state index in [9.17, 15) is 9.59 Å². The summed E-state index contributed by atoms with van der Waals surface area (Å²) in [7, 11) is 0. The predicted octanol–water partition coefficient (Wildman–Crippen LogP) is 0.647. The molecular weight excluding hydrogens is 308 g/mol. The van der Waals surface area contributed by atoms with Gasteiger partial charge >= 0.3 is 0 Å². The summed E-state index contributed by atoms with van der Waals surface area (Å²) in [5.41, 5.74) is 1.90. The fourth-order valence-electron chi connectivity index (χ4n) is 3.69. The topological polar surface area (TPSA) is 78.7 Å². The maximum absolute atomic E-state index is 12.6. The van der Waals surface area contributed by atoms with Gasteiger partial charge in [-0.15, -0.1) is 0 Å². The molecule has 2 amide bonds. The lowest BCUT2D eigenvalue weighted by atomic mass is 10.0. The molecule has 1 N–H and O–H groups in total. The number of aromatic nitrogens is 1. The predicted molar refractivity (Wildman–Crippen MR) is 88.5 cm³/mol. The van der Waals surface area contributed by atoms with Gasteiger partial charge in [-0.3, -0.25) is 9.59 Å². The number of piperidine rings is 1. The molecule has 1 unspecified atom stereocenters. The third-order valence-electron chi connectivity index (χ3n) is 5.09. The van der Waals surface area contributed by atoms with E-state index in [0.29, 0.717) is 25.9 Å². The maximum atomic E-state index is 12.6. The Hall–Kier alpha value is -1.89. The van der Waals surface area contributed by atoms with Gasteiger partial charge in [0.25, 0.3) is 0 Å². The molecule has 0 saturated carbocycles. The van der Waals surface area contributed by atoms with Gasteiger partial charge in [0.15, 0.2) is 0 Å². The molecule has 3 heterocycles. The number of nitrogens with zero attached hydrogens (tertiary/aromatic N) is 3. The summed E-state index contributed by atoms with van der Waals surface area (Å²) >= 11 is 0. The van der Waals surface area contributed by atoms with Crippen LogP contribution in [0.25, 0.3) is 0 Å². The highest BCUT2D eigenvalue weighted by Gasteiger charge is 2.31. The summed E-state index contributed by atoms with van der Waals surface area (Å²) in [6.07, 6.45) is 3.07. The second-order valence-electron chi connectivity index (χ2n) is 6.70. The first-order valence-corrected chi connectivity index (χ1v) is 8.76. The summed E-state index contributed by atoms with van der Waals surface area (Å²) in [4.78, 5) is 28.5. The van der Waals surface area contributed by atoms with Crippen LogP contribution in [0.1, 0.15) is 36.3 Å². The van der Waals surface area contributed by atoms with Crippen LogP contribution in [-0.2, 0) is 16.0 Å². The lowest BCUT2D eigenvalue weighted by molar-refractivity contribution is -0.140. The molecule has 132 valence electrons. The Balaban J connectivity index is 1.56. The summed E-state index contributed by atoms with van der Waals surface area (Å²) < 4.78 is 5.16. The number of rotatable bonds is 4. The Morgan fingerprint density at radius 1 is 1.38 bits per heavy atom. The normalized spacial score (nSPS) is 22.1. The van der Waals surface area contributed by atoms with Crippen molar-refractivity contribution in [2.24, 2.45) is 0 Å². The van der Waals surface area contributed by atoms with Crippen molar-refractivity contribution in [2.75, 3.05) is 32.7 Å². The number of carbonyl (C=O) groups excluding carboxylic acids is 2. The van der Waals surface area contributed by atoms with Crippen LogP contribution in [0.4, 0.5) is 0 Å². The van der Waals surface area contributed by atoms with Crippen molar-refractivity contribution < 1.29 is 14.1 Å². The molecule has 2 fully saturated rings. The average molecular weight is 334 g/mol. The molecule has 0 aliphatic carbocycles. The van der Waals surface area contributed by atoms with Crippen LogP contribution < -0.4 is 5.32 Å². The number of hydrogen-bond acceptors (Lipinski definition) is 5. The molecule has 0 radical (unpaired) electrons. The zero-order valence-electron chi connectivity index (χ0n) is 14.5. The van der Waals surface area contributed by atoms with Gasteiger partial charge in [-0.2, -0.15) is 0 Å². The van der Waals surface area contributed by atoms with Gasteiger partial charge in [-0.1, -0.05) is 5.16 Å². The molecule has 24 heavy (non-hydrogen) atoms. The van der Waals surface area contributed by atoms with E-state index in [0.717, 1.165) is 49.5 Å². The molecule has 1 aromatic rings. The number of hydrogen-bond donors (Lipinski definition) is 1. The number of aryl methyl sites for hydroxylation is 2. The molecule has 0 aromatic carbocycles. The minimum absolute atomic E-state index is 0.149. The van der Waals surface area contributed by atoms with Crippen molar-refractivity contribution in [2.45, 2.75) is 45.6 Å². The van der Waals surface area contributed by atoms with Crippen LogP contribution in [0.3, 0.4) is 0 Å². The molecule has 1 atom stereocenters. The van der Waals surface area contributed by atoms with Crippen LogP contribution in [0.5, 0.6) is 0 Å². The largest absolute Gasteiger partial charge is 0.361 e. The Morgan fingerprint density at radius 3 is 2.92 bits per heavy atom. The number of nitrogens with one attached hydrogen (secondary N) is 1. The fraction of sp³-hybridized carbons (Fsp3) is 0.706. The van der Waals surface area contributed by atoms with E-state index in [-0.39, 0.29) is 17.9 Å². The van der Waals surface area contributed by atoms with Crippen molar-refractivity contribution in [3.05, 3.63) is 17.0 Å². The Kier molecular flexibility index (Phi) is 5.18. The molecule has 7 heteroatoms. The summed E-state index contributed by atoms with van der Waals surface area (Å²) in [5.74, 6) is 1.10. The van der Waals surface area contributed by atoms with Gasteiger partial charge in [-0.05, 0) is 33.1 Å². The Morgan fingerprint density at radius 2 is 2.21 bits per heavy atom. The molecule has 2 aliphatic rings. The smallest absolute Gasteiger partial charge is 0.236 e. The minimum Gasteiger partial charge on any atom is -0.361 e. The van der Waals surface area contributed by atoms with Crippen LogP contribution >= 0.6 is 0 Å². The first-order valence-electron chi connectivity index (χ1n) is 8.76. The molecule has 0 bridgehead atoms. The van der Waals surface area contributed by atoms with Gasteiger partial charge in [0.05, 0.1) is 12.2 Å². The highest BCUT2D eigenvalue weighted by molar-refractivity contribution is 5.80. The number of carbonyl (C=O) groups is 2. The van der Waals surface area contributed by atoms with Gasteiger partial charge < -0.3 is 19.6 Å². The maximum Gasteiger partial charge on any atom is 0.236 e. The first kappa shape index (κ1) is 17.0. The van der Waals surface area contributed by atoms with Crippen molar-refractivity contribution in [1.29, 1.82) is 0 Å². The summed E-state index contributed by atoms with van der Waals surface area (Å²) in [5, 5.41) is 7.04. The number of likely N-dealkylation sites (tertiary alicyclic amines) is 1. The summed E-state index contributed by atoms with van der Waals surface area (Å²) in [6.45, 7) is 7.22. The SMILES string of the molecule is Cc1noc(C)c1CCC(=O)N1CCCC(N2CCNCC2=O)C1. The standard InChI is InChI=1S/C17H26N4O3/c1-12-15(13(2)24-19-12)5-6-16(22)20-8-3-4-14(11-20)21-9-7-18-10-17(21)23/h14,18H,3-11H2,1-2H3. The second-order valence-corrected chi connectivity index (χ2v) is 6.70. The van der Waals surface area contributed by atoms with Crippen molar-refractivity contribution >= 4 is 11.8 Å². The Bertz CT molecular complexity index is 593. The van der Waals surface area contributed by atoms with Gasteiger partial charge in [0, 0.05) is 44.2 Å². The highest BCUT2D eigenvalue weighted by Crippen LogP contribution is 2.19. The van der Waals surface area contributed by atoms with Crippen LogP contribution in [0.2, 0.25) is 0 Å². The van der Waals surface area contributed by atoms with E-state index < -0.39 is 0 Å². The zero-order chi connectivity index (χ0) is 17.1. The lowest BCUT2D eigenvalue weighted by Gasteiger charge is -2.41. The van der Waals surface area contributed by atoms with Gasteiger partial charge in [0.2, 0.25) is 11.8 Å². The van der Waals surface area contributed by atoms with E-state index in [1.54, 1.807) is 0 Å². The van der Waals surface area contributed by atoms with Crippen LogP contribution in [0, 0.1) is 13.8 Å². The fourth-order valence-corrected chi connectivity index (χ4v) is 3.69. The molecule has 3 rings (SSSR count). The number of piperazine rings is 1. The van der Waals surface area contributed by atoms with E-state index in [1.807, 2.05) is 23.6 Å².